The van der Waals surface area contributed by atoms with Gasteiger partial charge in [0, 0.05) is 0 Å². The molecule has 0 aliphatic carbocycles. The van der Waals surface area contributed by atoms with Crippen LogP contribution in [0.5, 0.6) is 23.0 Å². The van der Waals surface area contributed by atoms with Crippen molar-refractivity contribution in [1.29, 1.82) is 0 Å². The maximum Gasteiger partial charge on any atom is 0.347 e. The Kier molecular flexibility index (Phi) is 3.66. The number of hydrogen-bond acceptors (Lipinski definition) is 6. The molecule has 0 fully saturated rings. The third-order valence-corrected chi connectivity index (χ3v) is 2.64. The highest BCUT2D eigenvalue weighted by Gasteiger charge is 2.18. The van der Waals surface area contributed by atoms with Gasteiger partial charge in [0.05, 0.1) is 5.56 Å². The van der Waals surface area contributed by atoms with Crippen LogP contribution in [0.2, 0.25) is 0 Å². The van der Waals surface area contributed by atoms with E-state index in [0.29, 0.717) is 0 Å². The van der Waals surface area contributed by atoms with Crippen molar-refractivity contribution < 1.29 is 34.8 Å². The second-order valence-corrected chi connectivity index (χ2v) is 4.05. The van der Waals surface area contributed by atoms with Gasteiger partial charge in [-0.05, 0) is 30.3 Å². The van der Waals surface area contributed by atoms with Crippen LogP contribution >= 0.6 is 0 Å². The number of carboxylic acid groups (broad SMARTS) is 1. The largest absolute Gasteiger partial charge is 0.504 e. The number of para-hydroxylation sites is 1. The average molecular weight is 290 g/mol. The molecule has 0 atom stereocenters. The Morgan fingerprint density at radius 2 is 1.67 bits per heavy atom. The smallest absolute Gasteiger partial charge is 0.347 e. The molecule has 0 amide bonds. The highest BCUT2D eigenvalue weighted by atomic mass is 16.5. The summed E-state index contributed by atoms with van der Waals surface area (Å²) >= 11 is 0. The highest BCUT2D eigenvalue weighted by Crippen LogP contribution is 2.31. The van der Waals surface area contributed by atoms with E-state index in [1.807, 2.05) is 0 Å². The van der Waals surface area contributed by atoms with E-state index in [1.165, 1.54) is 18.2 Å². The van der Waals surface area contributed by atoms with Gasteiger partial charge >= 0.3 is 11.9 Å². The lowest BCUT2D eigenvalue weighted by Gasteiger charge is -2.08. The molecule has 2 aromatic rings. The molecular formula is C14H10O7. The molecule has 0 spiro atoms. The minimum absolute atomic E-state index is 0.174. The Morgan fingerprint density at radius 3 is 2.29 bits per heavy atom. The molecular weight excluding hydrogens is 280 g/mol. The van der Waals surface area contributed by atoms with Crippen molar-refractivity contribution in [3.63, 3.8) is 0 Å². The highest BCUT2D eigenvalue weighted by molar-refractivity contribution is 5.95. The normalized spacial score (nSPS) is 10.1. The molecule has 0 aliphatic rings. The molecule has 21 heavy (non-hydrogen) atoms. The number of aromatic hydroxyl groups is 3. The standard InChI is InChI=1S/C14H10O7/c15-9-3-1-2-8(12(9)17)14(20)21-11-5-4-7(13(18)19)6-10(11)16/h1-6,15-17H,(H,18,19). The Labute approximate surface area is 118 Å². The number of rotatable bonds is 3. The number of phenolic OH excluding ortho intramolecular Hbond substituents is 3. The van der Waals surface area contributed by atoms with E-state index in [-0.39, 0.29) is 16.9 Å². The third-order valence-electron chi connectivity index (χ3n) is 2.64. The van der Waals surface area contributed by atoms with Crippen LogP contribution in [0.15, 0.2) is 36.4 Å². The van der Waals surface area contributed by atoms with E-state index in [2.05, 4.69) is 0 Å². The molecule has 0 aromatic heterocycles. The topological polar surface area (TPSA) is 124 Å². The molecule has 0 heterocycles. The predicted octanol–water partition coefficient (Wildman–Crippen LogP) is 1.72. The number of carbonyl (C=O) groups is 2. The van der Waals surface area contributed by atoms with Crippen LogP contribution in [-0.2, 0) is 0 Å². The first kappa shape index (κ1) is 14.2. The van der Waals surface area contributed by atoms with Gasteiger partial charge in [-0.3, -0.25) is 0 Å². The first-order valence-electron chi connectivity index (χ1n) is 5.69. The fourth-order valence-corrected chi connectivity index (χ4v) is 1.59. The molecule has 0 saturated carbocycles. The maximum absolute atomic E-state index is 11.8. The number of esters is 1. The van der Waals surface area contributed by atoms with Crippen molar-refractivity contribution in [1.82, 2.24) is 0 Å². The van der Waals surface area contributed by atoms with Gasteiger partial charge in [-0.15, -0.1) is 0 Å². The van der Waals surface area contributed by atoms with E-state index < -0.39 is 29.2 Å². The molecule has 7 nitrogen and oxygen atoms in total. The Balaban J connectivity index is 2.28. The number of aromatic carboxylic acids is 1. The minimum atomic E-state index is -1.24. The van der Waals surface area contributed by atoms with E-state index in [4.69, 9.17) is 9.84 Å². The quantitative estimate of drug-likeness (QED) is 0.385. The first-order chi connectivity index (χ1) is 9.90. The third kappa shape index (κ3) is 2.86. The molecule has 2 rings (SSSR count). The maximum atomic E-state index is 11.8. The van der Waals surface area contributed by atoms with Gasteiger partial charge < -0.3 is 25.2 Å². The van der Waals surface area contributed by atoms with Crippen LogP contribution in [0.25, 0.3) is 0 Å². The summed E-state index contributed by atoms with van der Waals surface area (Å²) in [6, 6.07) is 6.92. The van der Waals surface area contributed by atoms with Gasteiger partial charge in [0.25, 0.3) is 0 Å². The summed E-state index contributed by atoms with van der Waals surface area (Å²) in [6.07, 6.45) is 0. The van der Waals surface area contributed by atoms with Crippen LogP contribution in [0.1, 0.15) is 20.7 Å². The number of hydrogen-bond donors (Lipinski definition) is 4. The van der Waals surface area contributed by atoms with E-state index >= 15 is 0 Å². The number of phenols is 3. The van der Waals surface area contributed by atoms with Crippen molar-refractivity contribution in [2.75, 3.05) is 0 Å². The lowest BCUT2D eigenvalue weighted by molar-refractivity contribution is 0.0696. The zero-order chi connectivity index (χ0) is 15.6. The molecule has 4 N–H and O–H groups in total. The summed E-state index contributed by atoms with van der Waals surface area (Å²) in [5.41, 5.74) is -0.468. The lowest BCUT2D eigenvalue weighted by atomic mass is 10.2. The second-order valence-electron chi connectivity index (χ2n) is 4.05. The zero-order valence-electron chi connectivity index (χ0n) is 10.5. The number of benzene rings is 2. The summed E-state index contributed by atoms with van der Waals surface area (Å²) in [5.74, 6) is -4.20. The minimum Gasteiger partial charge on any atom is -0.504 e. The molecule has 7 heteroatoms. The first-order valence-corrected chi connectivity index (χ1v) is 5.69. The van der Waals surface area contributed by atoms with Crippen LogP contribution < -0.4 is 4.74 Å². The van der Waals surface area contributed by atoms with E-state index in [1.54, 1.807) is 0 Å². The fourth-order valence-electron chi connectivity index (χ4n) is 1.59. The van der Waals surface area contributed by atoms with Crippen molar-refractivity contribution in [3.8, 4) is 23.0 Å². The Bertz CT molecular complexity index is 721. The molecule has 0 unspecified atom stereocenters. The molecule has 2 aromatic carbocycles. The van der Waals surface area contributed by atoms with Gasteiger partial charge in [-0.25, -0.2) is 9.59 Å². The summed E-state index contributed by atoms with van der Waals surface area (Å²) in [5, 5.41) is 37.2. The number of ether oxygens (including phenoxy) is 1. The van der Waals surface area contributed by atoms with Crippen LogP contribution in [0, 0.1) is 0 Å². The van der Waals surface area contributed by atoms with Gasteiger partial charge in [0.15, 0.2) is 23.0 Å². The molecule has 0 radical (unpaired) electrons. The van der Waals surface area contributed by atoms with Crippen LogP contribution in [-0.4, -0.2) is 32.4 Å². The molecule has 0 bridgehead atoms. The molecule has 0 saturated heterocycles. The fraction of sp³-hybridized carbons (Fsp3) is 0. The van der Waals surface area contributed by atoms with E-state index in [0.717, 1.165) is 18.2 Å². The predicted molar refractivity (Wildman–Crippen MR) is 69.8 cm³/mol. The van der Waals surface area contributed by atoms with Gasteiger partial charge in [0.2, 0.25) is 0 Å². The van der Waals surface area contributed by atoms with Crippen LogP contribution in [0.3, 0.4) is 0 Å². The lowest BCUT2D eigenvalue weighted by Crippen LogP contribution is -2.09. The van der Waals surface area contributed by atoms with Gasteiger partial charge in [-0.1, -0.05) is 6.07 Å². The number of carboxylic acids is 1. The van der Waals surface area contributed by atoms with Crippen molar-refractivity contribution >= 4 is 11.9 Å². The molecule has 0 aliphatic heterocycles. The van der Waals surface area contributed by atoms with Gasteiger partial charge in [0.1, 0.15) is 5.56 Å². The summed E-state index contributed by atoms with van der Waals surface area (Å²) in [4.78, 5) is 22.5. The van der Waals surface area contributed by atoms with Crippen molar-refractivity contribution in [3.05, 3.63) is 47.5 Å². The van der Waals surface area contributed by atoms with Crippen molar-refractivity contribution in [2.45, 2.75) is 0 Å². The van der Waals surface area contributed by atoms with E-state index in [9.17, 15) is 24.9 Å². The van der Waals surface area contributed by atoms with Crippen molar-refractivity contribution in [2.24, 2.45) is 0 Å². The second kappa shape index (κ2) is 5.41. The van der Waals surface area contributed by atoms with Gasteiger partial charge in [-0.2, -0.15) is 0 Å². The Hall–Kier alpha value is -3.22. The summed E-state index contributed by atoms with van der Waals surface area (Å²) in [7, 11) is 0. The SMILES string of the molecule is O=C(O)c1ccc(OC(=O)c2cccc(O)c2O)c(O)c1. The summed E-state index contributed by atoms with van der Waals surface area (Å²) in [6.45, 7) is 0. The van der Waals surface area contributed by atoms with Crippen LogP contribution in [0.4, 0.5) is 0 Å². The average Bonchev–Trinajstić information content (AvgIpc) is 2.43. The number of carbonyl (C=O) groups excluding carboxylic acids is 1. The molecule has 108 valence electrons. The monoisotopic (exact) mass is 290 g/mol. The zero-order valence-corrected chi connectivity index (χ0v) is 10.5. The Morgan fingerprint density at radius 1 is 0.952 bits per heavy atom. The summed E-state index contributed by atoms with van der Waals surface area (Å²) < 4.78 is 4.85.